The van der Waals surface area contributed by atoms with Gasteiger partial charge in [-0.15, -0.1) is 0 Å². The summed E-state index contributed by atoms with van der Waals surface area (Å²) in [6.45, 7) is 3.97. The largest absolute Gasteiger partial charge is 0.496 e. The molecule has 6 heteroatoms. The number of aliphatic hydroxyl groups is 1. The summed E-state index contributed by atoms with van der Waals surface area (Å²) in [6, 6.07) is 3.27. The molecule has 1 atom stereocenters. The maximum Gasteiger partial charge on any atom is 0.255 e. The summed E-state index contributed by atoms with van der Waals surface area (Å²) < 4.78 is 5.98. The molecule has 1 aromatic rings. The van der Waals surface area contributed by atoms with Gasteiger partial charge in [0.25, 0.3) is 5.91 Å². The van der Waals surface area contributed by atoms with Gasteiger partial charge < -0.3 is 15.2 Å². The molecule has 0 spiro atoms. The zero-order valence-corrected chi connectivity index (χ0v) is 13.9. The van der Waals surface area contributed by atoms with Crippen molar-refractivity contribution in [3.05, 3.63) is 26.3 Å². The van der Waals surface area contributed by atoms with Crippen molar-refractivity contribution in [3.8, 4) is 5.75 Å². The first-order chi connectivity index (χ1) is 8.86. The molecule has 1 aromatic carbocycles. The molecule has 0 bridgehead atoms. The van der Waals surface area contributed by atoms with Crippen LogP contribution in [0.25, 0.3) is 0 Å². The molecule has 0 heterocycles. The summed E-state index contributed by atoms with van der Waals surface area (Å²) in [5.74, 6) is 0.239. The third kappa shape index (κ3) is 4.50. The van der Waals surface area contributed by atoms with Crippen molar-refractivity contribution in [2.45, 2.75) is 20.0 Å². The van der Waals surface area contributed by atoms with Gasteiger partial charge in [-0.05, 0) is 40.6 Å². The monoisotopic (exact) mass is 397 g/mol. The lowest BCUT2D eigenvalue weighted by Crippen LogP contribution is -2.34. The first-order valence-corrected chi connectivity index (χ1v) is 7.31. The second kappa shape index (κ2) is 7.31. The average Bonchev–Trinajstić information content (AvgIpc) is 2.37. The van der Waals surface area contributed by atoms with Crippen molar-refractivity contribution in [2.24, 2.45) is 5.92 Å². The van der Waals surface area contributed by atoms with E-state index in [1.807, 2.05) is 13.8 Å². The van der Waals surface area contributed by atoms with Crippen molar-refractivity contribution in [1.82, 2.24) is 5.32 Å². The smallest absolute Gasteiger partial charge is 0.255 e. The minimum atomic E-state index is -0.575. The molecule has 19 heavy (non-hydrogen) atoms. The third-order valence-corrected chi connectivity index (χ3v) is 4.25. The Kier molecular flexibility index (Phi) is 6.35. The van der Waals surface area contributed by atoms with E-state index in [1.165, 1.54) is 7.11 Å². The highest BCUT2D eigenvalue weighted by molar-refractivity contribution is 14.1. The number of halogens is 2. The number of carbonyl (C=O) groups is 1. The molecule has 2 N–H and O–H groups in total. The molecule has 1 rings (SSSR count). The van der Waals surface area contributed by atoms with Gasteiger partial charge in [0, 0.05) is 10.1 Å². The molecule has 1 amide bonds. The lowest BCUT2D eigenvalue weighted by molar-refractivity contribution is 0.0869. The Morgan fingerprint density at radius 2 is 2.16 bits per heavy atom. The molecular weight excluding hydrogens is 381 g/mol. The highest BCUT2D eigenvalue weighted by atomic mass is 127. The number of nitrogens with one attached hydrogen (secondary N) is 1. The summed E-state index contributed by atoms with van der Waals surface area (Å²) in [7, 11) is 1.50. The Labute approximate surface area is 131 Å². The van der Waals surface area contributed by atoms with E-state index in [4.69, 9.17) is 16.3 Å². The molecule has 0 radical (unpaired) electrons. The van der Waals surface area contributed by atoms with Crippen LogP contribution in [0.1, 0.15) is 24.2 Å². The second-order valence-corrected chi connectivity index (χ2v) is 6.06. The lowest BCUT2D eigenvalue weighted by atomic mass is 10.1. The molecule has 106 valence electrons. The van der Waals surface area contributed by atoms with Crippen molar-refractivity contribution in [1.29, 1.82) is 0 Å². The fraction of sp³-hybridized carbons (Fsp3) is 0.462. The van der Waals surface area contributed by atoms with Gasteiger partial charge >= 0.3 is 0 Å². The van der Waals surface area contributed by atoms with E-state index in [0.717, 1.165) is 3.57 Å². The van der Waals surface area contributed by atoms with Crippen LogP contribution in [-0.2, 0) is 0 Å². The fourth-order valence-corrected chi connectivity index (χ4v) is 2.01. The Hall–Kier alpha value is -0.530. The van der Waals surface area contributed by atoms with E-state index in [9.17, 15) is 9.90 Å². The SMILES string of the molecule is COc1cc(I)c(Cl)cc1C(=O)NCC(O)C(C)C. The van der Waals surface area contributed by atoms with Crippen LogP contribution < -0.4 is 10.1 Å². The number of rotatable bonds is 5. The van der Waals surface area contributed by atoms with Gasteiger partial charge in [-0.3, -0.25) is 4.79 Å². The lowest BCUT2D eigenvalue weighted by Gasteiger charge is -2.16. The zero-order valence-electron chi connectivity index (χ0n) is 11.0. The van der Waals surface area contributed by atoms with E-state index in [0.29, 0.717) is 16.3 Å². The Morgan fingerprint density at radius 3 is 2.68 bits per heavy atom. The Balaban J connectivity index is 2.85. The van der Waals surface area contributed by atoms with E-state index < -0.39 is 6.10 Å². The number of methoxy groups -OCH3 is 1. The van der Waals surface area contributed by atoms with Crippen molar-refractivity contribution < 1.29 is 14.6 Å². The van der Waals surface area contributed by atoms with E-state index in [2.05, 4.69) is 27.9 Å². The van der Waals surface area contributed by atoms with Crippen LogP contribution >= 0.6 is 34.2 Å². The van der Waals surface area contributed by atoms with Crippen LogP contribution in [0.5, 0.6) is 5.75 Å². The topological polar surface area (TPSA) is 58.6 Å². The molecule has 4 nitrogen and oxygen atoms in total. The van der Waals surface area contributed by atoms with E-state index >= 15 is 0 Å². The standard InChI is InChI=1S/C13H17ClINO3/c1-7(2)11(17)6-16-13(18)8-4-9(14)10(15)5-12(8)19-3/h4-5,7,11,17H,6H2,1-3H3,(H,16,18). The van der Waals surface area contributed by atoms with Gasteiger partial charge in [0.15, 0.2) is 0 Å². The number of amides is 1. The van der Waals surface area contributed by atoms with Crippen LogP contribution in [0.15, 0.2) is 12.1 Å². The highest BCUT2D eigenvalue weighted by Gasteiger charge is 2.17. The summed E-state index contributed by atoms with van der Waals surface area (Å²) in [6.07, 6.45) is -0.575. The summed E-state index contributed by atoms with van der Waals surface area (Å²) in [5.41, 5.74) is 0.365. The number of hydrogen-bond acceptors (Lipinski definition) is 3. The fourth-order valence-electron chi connectivity index (χ4n) is 1.40. The summed E-state index contributed by atoms with van der Waals surface area (Å²) in [4.78, 5) is 12.1. The predicted octanol–water partition coefficient (Wildman–Crippen LogP) is 2.70. The van der Waals surface area contributed by atoms with Gasteiger partial charge in [0.05, 0.1) is 23.8 Å². The quantitative estimate of drug-likeness (QED) is 0.751. The van der Waals surface area contributed by atoms with Gasteiger partial charge in [0.1, 0.15) is 5.75 Å². The molecule has 0 aliphatic heterocycles. The number of hydrogen-bond donors (Lipinski definition) is 2. The third-order valence-electron chi connectivity index (χ3n) is 2.73. The van der Waals surface area contributed by atoms with Gasteiger partial charge in [-0.2, -0.15) is 0 Å². The molecule has 0 aromatic heterocycles. The zero-order chi connectivity index (χ0) is 14.6. The van der Waals surface area contributed by atoms with E-state index in [-0.39, 0.29) is 18.4 Å². The number of benzene rings is 1. The second-order valence-electron chi connectivity index (χ2n) is 4.49. The molecule has 0 aliphatic carbocycles. The van der Waals surface area contributed by atoms with E-state index in [1.54, 1.807) is 12.1 Å². The van der Waals surface area contributed by atoms with Crippen molar-refractivity contribution >= 4 is 40.1 Å². The first kappa shape index (κ1) is 16.5. The van der Waals surface area contributed by atoms with Gasteiger partial charge in [0.2, 0.25) is 0 Å². The number of aliphatic hydroxyl groups excluding tert-OH is 1. The number of carbonyl (C=O) groups excluding carboxylic acids is 1. The average molecular weight is 398 g/mol. The maximum absolute atomic E-state index is 12.1. The molecule has 0 aliphatic rings. The van der Waals surface area contributed by atoms with Crippen LogP contribution in [0, 0.1) is 9.49 Å². The van der Waals surface area contributed by atoms with Crippen LogP contribution in [-0.4, -0.2) is 30.8 Å². The Bertz CT molecular complexity index is 465. The van der Waals surface area contributed by atoms with Gasteiger partial charge in [-0.25, -0.2) is 0 Å². The van der Waals surface area contributed by atoms with Crippen molar-refractivity contribution in [3.63, 3.8) is 0 Å². The first-order valence-electron chi connectivity index (χ1n) is 5.86. The van der Waals surface area contributed by atoms with Gasteiger partial charge in [-0.1, -0.05) is 25.4 Å². The minimum absolute atomic E-state index is 0.0857. The Morgan fingerprint density at radius 1 is 1.53 bits per heavy atom. The molecule has 0 saturated carbocycles. The highest BCUT2D eigenvalue weighted by Crippen LogP contribution is 2.28. The molecular formula is C13H17ClINO3. The molecule has 0 saturated heterocycles. The summed E-state index contributed by atoms with van der Waals surface area (Å²) >= 11 is 8.08. The number of ether oxygens (including phenoxy) is 1. The summed E-state index contributed by atoms with van der Waals surface area (Å²) in [5, 5.41) is 12.8. The van der Waals surface area contributed by atoms with Crippen LogP contribution in [0.2, 0.25) is 5.02 Å². The predicted molar refractivity (Wildman–Crippen MR) is 83.9 cm³/mol. The van der Waals surface area contributed by atoms with Crippen LogP contribution in [0.3, 0.4) is 0 Å². The van der Waals surface area contributed by atoms with Crippen LogP contribution in [0.4, 0.5) is 0 Å². The minimum Gasteiger partial charge on any atom is -0.496 e. The van der Waals surface area contributed by atoms with Crippen molar-refractivity contribution in [2.75, 3.05) is 13.7 Å². The normalized spacial score (nSPS) is 12.4. The molecule has 0 fully saturated rings. The maximum atomic E-state index is 12.1. The molecule has 1 unspecified atom stereocenters.